The second-order valence-electron chi connectivity index (χ2n) is 8.62. The SMILES string of the molecule is Cc1nc(CN2CCC(c3cccc4c3OC(C)O4)CC2)n(CC2CCO2)c1C. The predicted molar refractivity (Wildman–Crippen MR) is 110 cm³/mol. The highest BCUT2D eigenvalue weighted by atomic mass is 16.7. The number of aryl methyl sites for hydroxylation is 1. The van der Waals surface area contributed by atoms with Crippen LogP contribution in [0.5, 0.6) is 11.5 Å². The molecular formula is C23H31N3O3. The summed E-state index contributed by atoms with van der Waals surface area (Å²) in [5, 5.41) is 0. The normalized spacial score (nSPS) is 24.7. The first-order chi connectivity index (χ1) is 14.1. The summed E-state index contributed by atoms with van der Waals surface area (Å²) in [4.78, 5) is 7.42. The van der Waals surface area contributed by atoms with E-state index in [1.165, 1.54) is 17.1 Å². The van der Waals surface area contributed by atoms with E-state index in [4.69, 9.17) is 19.2 Å². The topological polar surface area (TPSA) is 48.8 Å². The summed E-state index contributed by atoms with van der Waals surface area (Å²) in [6.45, 7) is 11.1. The number of piperidine rings is 1. The van der Waals surface area contributed by atoms with Crippen molar-refractivity contribution in [1.82, 2.24) is 14.5 Å². The van der Waals surface area contributed by atoms with Crippen LogP contribution in [-0.4, -0.2) is 46.5 Å². The van der Waals surface area contributed by atoms with Crippen molar-refractivity contribution in [3.63, 3.8) is 0 Å². The lowest BCUT2D eigenvalue weighted by Gasteiger charge is -2.33. The maximum Gasteiger partial charge on any atom is 0.238 e. The first-order valence-corrected chi connectivity index (χ1v) is 10.9. The van der Waals surface area contributed by atoms with Crippen LogP contribution in [0.3, 0.4) is 0 Å². The van der Waals surface area contributed by atoms with E-state index < -0.39 is 0 Å². The number of ether oxygens (including phenoxy) is 3. The molecule has 4 heterocycles. The van der Waals surface area contributed by atoms with Crippen molar-refractivity contribution in [3.8, 4) is 11.5 Å². The molecule has 0 aliphatic carbocycles. The number of para-hydroxylation sites is 1. The van der Waals surface area contributed by atoms with E-state index in [2.05, 4.69) is 35.4 Å². The van der Waals surface area contributed by atoms with Crippen molar-refractivity contribution in [2.24, 2.45) is 0 Å². The molecule has 3 aliphatic heterocycles. The van der Waals surface area contributed by atoms with Crippen molar-refractivity contribution < 1.29 is 14.2 Å². The van der Waals surface area contributed by atoms with Crippen molar-refractivity contribution in [1.29, 1.82) is 0 Å². The molecule has 0 radical (unpaired) electrons. The molecule has 6 nitrogen and oxygen atoms in total. The number of imidazole rings is 1. The van der Waals surface area contributed by atoms with Gasteiger partial charge >= 0.3 is 0 Å². The number of hydrogen-bond acceptors (Lipinski definition) is 5. The van der Waals surface area contributed by atoms with Crippen LogP contribution >= 0.6 is 0 Å². The second kappa shape index (κ2) is 7.65. The third-order valence-corrected chi connectivity index (χ3v) is 6.69. The molecule has 6 heteroatoms. The minimum atomic E-state index is -0.184. The van der Waals surface area contributed by atoms with Crippen LogP contribution in [0.2, 0.25) is 0 Å². The zero-order chi connectivity index (χ0) is 20.0. The van der Waals surface area contributed by atoms with E-state index in [1.54, 1.807) is 0 Å². The molecule has 2 saturated heterocycles. The first kappa shape index (κ1) is 18.9. The zero-order valence-corrected chi connectivity index (χ0v) is 17.7. The molecule has 5 rings (SSSR count). The highest BCUT2D eigenvalue weighted by molar-refractivity contribution is 5.50. The van der Waals surface area contributed by atoms with Gasteiger partial charge in [-0.2, -0.15) is 0 Å². The molecule has 0 N–H and O–H groups in total. The van der Waals surface area contributed by atoms with Gasteiger partial charge in [0.2, 0.25) is 6.29 Å². The van der Waals surface area contributed by atoms with Crippen molar-refractivity contribution >= 4 is 0 Å². The summed E-state index contributed by atoms with van der Waals surface area (Å²) < 4.78 is 19.7. The number of rotatable bonds is 5. The Hall–Kier alpha value is -2.05. The summed E-state index contributed by atoms with van der Waals surface area (Å²) in [6.07, 6.45) is 3.61. The lowest BCUT2D eigenvalue weighted by atomic mass is 9.88. The summed E-state index contributed by atoms with van der Waals surface area (Å²) in [6, 6.07) is 6.30. The third kappa shape index (κ3) is 3.64. The lowest BCUT2D eigenvalue weighted by Crippen LogP contribution is -2.35. The van der Waals surface area contributed by atoms with Gasteiger partial charge in [-0.15, -0.1) is 0 Å². The summed E-state index contributed by atoms with van der Waals surface area (Å²) in [7, 11) is 0. The van der Waals surface area contributed by atoms with Gasteiger partial charge < -0.3 is 18.8 Å². The van der Waals surface area contributed by atoms with Crippen LogP contribution in [0.15, 0.2) is 18.2 Å². The number of fused-ring (bicyclic) bond motifs is 1. The molecule has 0 amide bonds. The Morgan fingerprint density at radius 1 is 1.10 bits per heavy atom. The molecule has 2 fully saturated rings. The summed E-state index contributed by atoms with van der Waals surface area (Å²) >= 11 is 0. The van der Waals surface area contributed by atoms with Gasteiger partial charge in [0.1, 0.15) is 5.82 Å². The van der Waals surface area contributed by atoms with Crippen LogP contribution in [-0.2, 0) is 17.8 Å². The Balaban J connectivity index is 1.24. The number of benzene rings is 1. The highest BCUT2D eigenvalue weighted by Gasteiger charge is 2.30. The fraction of sp³-hybridized carbons (Fsp3) is 0.609. The Bertz CT molecular complexity index is 882. The van der Waals surface area contributed by atoms with E-state index >= 15 is 0 Å². The zero-order valence-electron chi connectivity index (χ0n) is 17.7. The molecule has 156 valence electrons. The summed E-state index contributed by atoms with van der Waals surface area (Å²) in [5.74, 6) is 3.56. The van der Waals surface area contributed by atoms with E-state index in [9.17, 15) is 0 Å². The quantitative estimate of drug-likeness (QED) is 0.768. The number of hydrogen-bond donors (Lipinski definition) is 0. The van der Waals surface area contributed by atoms with Crippen LogP contribution in [0.25, 0.3) is 0 Å². The standard InChI is InChI=1S/C23H31N3O3/c1-15-16(2)26(13-19-9-12-27-19)22(24-15)14-25-10-7-18(8-11-25)20-5-4-6-21-23(20)29-17(3)28-21/h4-6,17-19H,7-14H2,1-3H3. The van der Waals surface area contributed by atoms with Crippen LogP contribution < -0.4 is 9.47 Å². The van der Waals surface area contributed by atoms with Gasteiger partial charge in [-0.05, 0) is 58.2 Å². The van der Waals surface area contributed by atoms with Gasteiger partial charge in [-0.1, -0.05) is 12.1 Å². The number of nitrogens with zero attached hydrogens (tertiary/aromatic N) is 3. The molecule has 2 atom stereocenters. The highest BCUT2D eigenvalue weighted by Crippen LogP contribution is 2.43. The van der Waals surface area contributed by atoms with Crippen LogP contribution in [0.4, 0.5) is 0 Å². The van der Waals surface area contributed by atoms with E-state index in [-0.39, 0.29) is 6.29 Å². The maximum atomic E-state index is 5.94. The van der Waals surface area contributed by atoms with Crippen molar-refractivity contribution in [3.05, 3.63) is 41.0 Å². The van der Waals surface area contributed by atoms with Crippen LogP contribution in [0, 0.1) is 13.8 Å². The molecule has 2 aromatic rings. The fourth-order valence-electron chi connectivity index (χ4n) is 4.76. The minimum Gasteiger partial charge on any atom is -0.451 e. The smallest absolute Gasteiger partial charge is 0.238 e. The third-order valence-electron chi connectivity index (χ3n) is 6.69. The maximum absolute atomic E-state index is 5.94. The molecule has 0 saturated carbocycles. The first-order valence-electron chi connectivity index (χ1n) is 10.9. The molecule has 1 aromatic carbocycles. The van der Waals surface area contributed by atoms with Gasteiger partial charge in [0, 0.05) is 24.8 Å². The van der Waals surface area contributed by atoms with Gasteiger partial charge in [0.25, 0.3) is 0 Å². The molecule has 3 aliphatic rings. The van der Waals surface area contributed by atoms with Gasteiger partial charge in [0.05, 0.1) is 24.9 Å². The number of aromatic nitrogens is 2. The average molecular weight is 398 g/mol. The Morgan fingerprint density at radius 3 is 2.62 bits per heavy atom. The Kier molecular flexibility index (Phi) is 5.00. The fourth-order valence-corrected chi connectivity index (χ4v) is 4.76. The molecule has 0 spiro atoms. The van der Waals surface area contributed by atoms with Gasteiger partial charge in [-0.25, -0.2) is 4.98 Å². The lowest BCUT2D eigenvalue weighted by molar-refractivity contribution is -0.0600. The number of likely N-dealkylation sites (tertiary alicyclic amines) is 1. The minimum absolute atomic E-state index is 0.184. The van der Waals surface area contributed by atoms with E-state index in [1.807, 2.05) is 13.0 Å². The molecule has 29 heavy (non-hydrogen) atoms. The monoisotopic (exact) mass is 397 g/mol. The average Bonchev–Trinajstić information content (AvgIpc) is 3.18. The van der Waals surface area contributed by atoms with Gasteiger partial charge in [-0.3, -0.25) is 4.90 Å². The van der Waals surface area contributed by atoms with Crippen molar-refractivity contribution in [2.45, 2.75) is 71.4 Å². The largest absolute Gasteiger partial charge is 0.451 e. The summed E-state index contributed by atoms with van der Waals surface area (Å²) in [5.41, 5.74) is 3.72. The van der Waals surface area contributed by atoms with E-state index in [0.717, 1.165) is 69.2 Å². The van der Waals surface area contributed by atoms with Gasteiger partial charge in [0.15, 0.2) is 11.5 Å². The molecule has 1 aromatic heterocycles. The van der Waals surface area contributed by atoms with E-state index in [0.29, 0.717) is 12.0 Å². The Morgan fingerprint density at radius 2 is 1.90 bits per heavy atom. The van der Waals surface area contributed by atoms with Crippen molar-refractivity contribution in [2.75, 3.05) is 19.7 Å². The van der Waals surface area contributed by atoms with Crippen LogP contribution in [0.1, 0.15) is 54.9 Å². The predicted octanol–water partition coefficient (Wildman–Crippen LogP) is 3.79. The second-order valence-corrected chi connectivity index (χ2v) is 8.62. The molecule has 2 unspecified atom stereocenters. The Labute approximate surface area is 172 Å². The molecule has 0 bridgehead atoms. The molecular weight excluding hydrogens is 366 g/mol.